The molecule has 0 N–H and O–H groups in total. The summed E-state index contributed by atoms with van der Waals surface area (Å²) in [5, 5.41) is -0.568. The van der Waals surface area contributed by atoms with Crippen molar-refractivity contribution in [2.24, 2.45) is 0 Å². The van der Waals surface area contributed by atoms with Crippen LogP contribution in [0.3, 0.4) is 0 Å². The number of anilines is 1. The summed E-state index contributed by atoms with van der Waals surface area (Å²) in [4.78, 5) is 15.7. The van der Waals surface area contributed by atoms with E-state index in [1.807, 2.05) is 17.0 Å². The van der Waals surface area contributed by atoms with Gasteiger partial charge in [-0.05, 0) is 39.8 Å². The molecule has 1 aromatic heterocycles. The number of fused-ring (bicyclic) bond motifs is 3. The molecular weight excluding hydrogens is 354 g/mol. The molecule has 3 rings (SSSR count). The first-order chi connectivity index (χ1) is 10.2. The van der Waals surface area contributed by atoms with Gasteiger partial charge >= 0.3 is 0 Å². The van der Waals surface area contributed by atoms with Crippen LogP contribution in [0.4, 0.5) is 5.69 Å². The number of nitrogens with zero attached hydrogens (tertiary/aromatic N) is 1. The minimum atomic E-state index is -0.568. The summed E-state index contributed by atoms with van der Waals surface area (Å²) in [7, 11) is 3.26. The van der Waals surface area contributed by atoms with Crippen molar-refractivity contribution < 1.29 is 4.79 Å². The van der Waals surface area contributed by atoms with Gasteiger partial charge in [-0.2, -0.15) is 0 Å². The third kappa shape index (κ3) is 2.26. The molecule has 1 atom stereocenters. The highest BCUT2D eigenvalue weighted by Gasteiger charge is 2.43. The van der Waals surface area contributed by atoms with Gasteiger partial charge in [-0.3, -0.25) is 9.69 Å². The number of rotatable bonds is 1. The Labute approximate surface area is 147 Å². The van der Waals surface area contributed by atoms with Crippen LogP contribution in [0.5, 0.6) is 0 Å². The summed E-state index contributed by atoms with van der Waals surface area (Å²) in [5.41, 5.74) is 3.76. The average molecular weight is 370 g/mol. The Hall–Kier alpha value is -0.750. The van der Waals surface area contributed by atoms with Gasteiger partial charge in [0, 0.05) is 11.1 Å². The number of alkyl halides is 1. The molecule has 1 aliphatic heterocycles. The van der Waals surface area contributed by atoms with Gasteiger partial charge in [0.15, 0.2) is 0 Å². The Kier molecular flexibility index (Phi) is 3.96. The number of halogens is 1. The Morgan fingerprint density at radius 3 is 2.68 bits per heavy atom. The van der Waals surface area contributed by atoms with Crippen LogP contribution in [0.25, 0.3) is 11.1 Å². The zero-order valence-electron chi connectivity index (χ0n) is 12.8. The van der Waals surface area contributed by atoms with Crippen LogP contribution in [-0.2, 0) is 10.3 Å². The lowest BCUT2D eigenvalue weighted by Crippen LogP contribution is -2.50. The third-order valence-corrected chi connectivity index (χ3v) is 7.49. The zero-order valence-corrected chi connectivity index (χ0v) is 16.0. The van der Waals surface area contributed by atoms with E-state index >= 15 is 0 Å². The average Bonchev–Trinajstić information content (AvgIpc) is 2.82. The van der Waals surface area contributed by atoms with Gasteiger partial charge in [0.1, 0.15) is 9.20 Å². The minimum absolute atomic E-state index is 0.0771. The second kappa shape index (κ2) is 5.41. The number of amides is 1. The number of hydrogen-bond donors (Lipinski definition) is 0. The standard InChI is InChI=1S/C16H16ClNOS3/c1-8-5-6-11-10(7-8)12-13(21-22-15(12)20)16(3,4)18(11)14(19)9(2)17/h5-7,9H,1-4H3/t9-/m1/s1. The summed E-state index contributed by atoms with van der Waals surface area (Å²) in [6, 6.07) is 6.14. The molecule has 1 aromatic carbocycles. The fraction of sp³-hybridized carbons (Fsp3) is 0.375. The molecule has 22 heavy (non-hydrogen) atoms. The monoisotopic (exact) mass is 369 g/mol. The van der Waals surface area contributed by atoms with E-state index in [0.717, 1.165) is 31.1 Å². The Bertz CT molecular complexity index is 819. The highest BCUT2D eigenvalue weighted by atomic mass is 35.5. The summed E-state index contributed by atoms with van der Waals surface area (Å²) >= 11 is 11.7. The maximum atomic E-state index is 12.8. The van der Waals surface area contributed by atoms with Crippen LogP contribution in [0, 0.1) is 10.7 Å². The van der Waals surface area contributed by atoms with Gasteiger partial charge in [0.25, 0.3) is 0 Å². The van der Waals surface area contributed by atoms with Crippen molar-refractivity contribution in [3.8, 4) is 11.1 Å². The van der Waals surface area contributed by atoms with E-state index < -0.39 is 10.9 Å². The summed E-state index contributed by atoms with van der Waals surface area (Å²) in [6.07, 6.45) is 0. The second-order valence-corrected chi connectivity index (χ2v) is 9.50. The maximum Gasteiger partial charge on any atom is 0.245 e. The van der Waals surface area contributed by atoms with E-state index in [1.54, 1.807) is 27.6 Å². The number of carbonyl (C=O) groups excluding carboxylic acids is 1. The molecule has 2 heterocycles. The van der Waals surface area contributed by atoms with E-state index in [-0.39, 0.29) is 5.91 Å². The number of hydrogen-bond acceptors (Lipinski definition) is 4. The maximum absolute atomic E-state index is 12.8. The van der Waals surface area contributed by atoms with Crippen molar-refractivity contribution in [3.63, 3.8) is 0 Å². The molecule has 0 fully saturated rings. The highest BCUT2D eigenvalue weighted by molar-refractivity contribution is 7.80. The zero-order chi connectivity index (χ0) is 16.2. The Morgan fingerprint density at radius 1 is 1.36 bits per heavy atom. The lowest BCUT2D eigenvalue weighted by atomic mass is 9.86. The van der Waals surface area contributed by atoms with E-state index in [2.05, 4.69) is 26.8 Å². The van der Waals surface area contributed by atoms with Crippen LogP contribution in [-0.4, -0.2) is 11.3 Å². The quantitative estimate of drug-likeness (QED) is 0.364. The van der Waals surface area contributed by atoms with E-state index in [0.29, 0.717) is 0 Å². The van der Waals surface area contributed by atoms with Crippen LogP contribution in [0.15, 0.2) is 18.2 Å². The smallest absolute Gasteiger partial charge is 0.245 e. The van der Waals surface area contributed by atoms with Crippen molar-refractivity contribution in [1.82, 2.24) is 0 Å². The van der Waals surface area contributed by atoms with Crippen molar-refractivity contribution in [2.45, 2.75) is 38.6 Å². The molecule has 0 bridgehead atoms. The van der Waals surface area contributed by atoms with E-state index in [1.165, 1.54) is 0 Å². The van der Waals surface area contributed by atoms with Crippen LogP contribution in [0.1, 0.15) is 31.2 Å². The van der Waals surface area contributed by atoms with Crippen molar-refractivity contribution in [2.75, 3.05) is 4.90 Å². The number of benzene rings is 1. The lowest BCUT2D eigenvalue weighted by molar-refractivity contribution is -0.119. The molecule has 0 spiro atoms. The predicted octanol–water partition coefficient (Wildman–Crippen LogP) is 5.72. The number of carbonyl (C=O) groups is 1. The fourth-order valence-electron chi connectivity index (χ4n) is 2.92. The molecule has 1 amide bonds. The first kappa shape index (κ1) is 16.1. The third-order valence-electron chi connectivity index (χ3n) is 3.97. The molecule has 0 aliphatic carbocycles. The molecule has 0 radical (unpaired) electrons. The molecule has 6 heteroatoms. The Balaban J connectivity index is 2.37. The predicted molar refractivity (Wildman–Crippen MR) is 99.0 cm³/mol. The fourth-order valence-corrected chi connectivity index (χ4v) is 6.29. The molecular formula is C16H16ClNOS3. The summed E-state index contributed by atoms with van der Waals surface area (Å²) < 4.78 is 0.894. The van der Waals surface area contributed by atoms with Gasteiger partial charge < -0.3 is 0 Å². The number of aryl methyl sites for hydroxylation is 1. The molecule has 2 nitrogen and oxygen atoms in total. The lowest BCUT2D eigenvalue weighted by Gasteiger charge is -2.43. The minimum Gasteiger partial charge on any atom is -0.300 e. The Morgan fingerprint density at radius 2 is 2.05 bits per heavy atom. The van der Waals surface area contributed by atoms with E-state index in [4.69, 9.17) is 23.8 Å². The van der Waals surface area contributed by atoms with Gasteiger partial charge in [-0.15, -0.1) is 11.6 Å². The normalized spacial score (nSPS) is 16.9. The van der Waals surface area contributed by atoms with Crippen LogP contribution in [0.2, 0.25) is 0 Å². The topological polar surface area (TPSA) is 20.3 Å². The molecule has 2 aromatic rings. The van der Waals surface area contributed by atoms with Crippen LogP contribution < -0.4 is 4.90 Å². The van der Waals surface area contributed by atoms with Crippen molar-refractivity contribution in [3.05, 3.63) is 32.5 Å². The summed E-state index contributed by atoms with van der Waals surface area (Å²) in [6.45, 7) is 7.89. The first-order valence-corrected chi connectivity index (χ1v) is 9.97. The second-order valence-electron chi connectivity index (χ2n) is 6.03. The largest absolute Gasteiger partial charge is 0.300 e. The van der Waals surface area contributed by atoms with Gasteiger partial charge in [0.2, 0.25) is 5.91 Å². The van der Waals surface area contributed by atoms with E-state index in [9.17, 15) is 4.79 Å². The highest BCUT2D eigenvalue weighted by Crippen LogP contribution is 2.52. The molecule has 116 valence electrons. The molecule has 1 aliphatic rings. The van der Waals surface area contributed by atoms with Crippen LogP contribution >= 0.6 is 44.5 Å². The molecule has 0 saturated carbocycles. The van der Waals surface area contributed by atoms with Gasteiger partial charge in [0.05, 0.1) is 16.1 Å². The molecule has 0 saturated heterocycles. The SMILES string of the molecule is Cc1ccc2c(c1)-c1c(ssc1=S)C(C)(C)N2C(=O)[C@@H](C)Cl. The molecule has 0 unspecified atom stereocenters. The van der Waals surface area contributed by atoms with Gasteiger partial charge in [-0.1, -0.05) is 44.5 Å². The van der Waals surface area contributed by atoms with Gasteiger partial charge in [-0.25, -0.2) is 0 Å². The van der Waals surface area contributed by atoms with Crippen molar-refractivity contribution >= 4 is 56.1 Å². The summed E-state index contributed by atoms with van der Waals surface area (Å²) in [5.74, 6) is -0.0771. The first-order valence-electron chi connectivity index (χ1n) is 6.98. The van der Waals surface area contributed by atoms with Crippen molar-refractivity contribution in [1.29, 1.82) is 0 Å².